The molecule has 0 radical (unpaired) electrons. The smallest absolute Gasteiger partial charge is 0.161 e. The van der Waals surface area contributed by atoms with Gasteiger partial charge in [0, 0.05) is 11.5 Å². The molecule has 0 bridgehead atoms. The Balaban J connectivity index is 2.21. The SMILES string of the molecule is COc1cc(C(C)(C)O)ccc1OC1CSC1. The maximum absolute atomic E-state index is 9.94. The number of hydrogen-bond donors (Lipinski definition) is 1. The highest BCUT2D eigenvalue weighted by Gasteiger charge is 2.23. The largest absolute Gasteiger partial charge is 0.493 e. The van der Waals surface area contributed by atoms with Crippen LogP contribution in [0, 0.1) is 0 Å². The molecule has 1 N–H and O–H groups in total. The molecule has 1 aromatic rings. The molecule has 0 aliphatic carbocycles. The van der Waals surface area contributed by atoms with Gasteiger partial charge in [-0.2, -0.15) is 11.8 Å². The van der Waals surface area contributed by atoms with Crippen molar-refractivity contribution in [2.45, 2.75) is 25.6 Å². The number of aliphatic hydroxyl groups is 1. The van der Waals surface area contributed by atoms with Gasteiger partial charge in [-0.25, -0.2) is 0 Å². The Kier molecular flexibility index (Phi) is 3.54. The Labute approximate surface area is 106 Å². The van der Waals surface area contributed by atoms with E-state index in [9.17, 15) is 5.11 Å². The summed E-state index contributed by atoms with van der Waals surface area (Å²) in [7, 11) is 1.62. The maximum Gasteiger partial charge on any atom is 0.161 e. The fourth-order valence-electron chi connectivity index (χ4n) is 1.61. The van der Waals surface area contributed by atoms with Gasteiger partial charge in [0.1, 0.15) is 6.10 Å². The zero-order valence-electron chi connectivity index (χ0n) is 10.4. The average molecular weight is 254 g/mol. The van der Waals surface area contributed by atoms with Crippen LogP contribution in [0.2, 0.25) is 0 Å². The van der Waals surface area contributed by atoms with E-state index in [1.54, 1.807) is 21.0 Å². The molecule has 0 amide bonds. The molecule has 1 aliphatic heterocycles. The molecule has 0 saturated carbocycles. The van der Waals surface area contributed by atoms with Crippen LogP contribution in [0.4, 0.5) is 0 Å². The second kappa shape index (κ2) is 4.78. The molecule has 3 nitrogen and oxygen atoms in total. The van der Waals surface area contributed by atoms with Crippen LogP contribution in [0.15, 0.2) is 18.2 Å². The van der Waals surface area contributed by atoms with E-state index < -0.39 is 5.60 Å². The molecule has 2 rings (SSSR count). The van der Waals surface area contributed by atoms with Crippen LogP contribution in [0.1, 0.15) is 19.4 Å². The first-order chi connectivity index (χ1) is 8.00. The summed E-state index contributed by atoms with van der Waals surface area (Å²) in [5.41, 5.74) is -0.0392. The van der Waals surface area contributed by atoms with Gasteiger partial charge in [-0.05, 0) is 31.5 Å². The molecule has 1 aliphatic rings. The minimum Gasteiger partial charge on any atom is -0.493 e. The highest BCUT2D eigenvalue weighted by Crippen LogP contribution is 2.34. The number of rotatable bonds is 4. The molecule has 1 heterocycles. The van der Waals surface area contributed by atoms with Crippen LogP contribution >= 0.6 is 11.8 Å². The molecule has 0 aromatic heterocycles. The minimum absolute atomic E-state index is 0.293. The molecule has 0 spiro atoms. The van der Waals surface area contributed by atoms with Gasteiger partial charge in [0.25, 0.3) is 0 Å². The van der Waals surface area contributed by atoms with Gasteiger partial charge < -0.3 is 14.6 Å². The van der Waals surface area contributed by atoms with Crippen LogP contribution in [0.3, 0.4) is 0 Å². The molecule has 17 heavy (non-hydrogen) atoms. The van der Waals surface area contributed by atoms with E-state index in [1.165, 1.54) is 0 Å². The lowest BCUT2D eigenvalue weighted by Crippen LogP contribution is -2.31. The number of ether oxygens (including phenoxy) is 2. The lowest BCUT2D eigenvalue weighted by molar-refractivity contribution is 0.0782. The van der Waals surface area contributed by atoms with Gasteiger partial charge in [0.05, 0.1) is 12.7 Å². The van der Waals surface area contributed by atoms with Crippen molar-refractivity contribution in [1.82, 2.24) is 0 Å². The Morgan fingerprint density at radius 1 is 1.29 bits per heavy atom. The summed E-state index contributed by atoms with van der Waals surface area (Å²) in [6.45, 7) is 3.51. The van der Waals surface area contributed by atoms with Gasteiger partial charge in [-0.1, -0.05) is 6.07 Å². The first-order valence-corrected chi connectivity index (χ1v) is 6.81. The minimum atomic E-state index is -0.863. The fourth-order valence-corrected chi connectivity index (χ4v) is 2.17. The molecular formula is C13H18O3S. The summed E-state index contributed by atoms with van der Waals surface area (Å²) in [5.74, 6) is 3.51. The Morgan fingerprint density at radius 2 is 2.00 bits per heavy atom. The van der Waals surface area contributed by atoms with Crippen LogP contribution in [-0.4, -0.2) is 29.8 Å². The third-order valence-electron chi connectivity index (χ3n) is 2.77. The predicted molar refractivity (Wildman–Crippen MR) is 70.0 cm³/mol. The third-order valence-corrected chi connectivity index (χ3v) is 3.99. The predicted octanol–water partition coefficient (Wildman–Crippen LogP) is 2.42. The summed E-state index contributed by atoms with van der Waals surface area (Å²) in [4.78, 5) is 0. The molecule has 0 atom stereocenters. The molecular weight excluding hydrogens is 236 g/mol. The third kappa shape index (κ3) is 2.87. The van der Waals surface area contributed by atoms with Crippen molar-refractivity contribution < 1.29 is 14.6 Å². The first kappa shape index (κ1) is 12.6. The molecule has 1 fully saturated rings. The van der Waals surface area contributed by atoms with Gasteiger partial charge in [-0.3, -0.25) is 0 Å². The molecule has 4 heteroatoms. The summed E-state index contributed by atoms with van der Waals surface area (Å²) in [6.07, 6.45) is 0.293. The Bertz CT molecular complexity index is 394. The van der Waals surface area contributed by atoms with Crippen LogP contribution in [0.25, 0.3) is 0 Å². The van der Waals surface area contributed by atoms with Crippen LogP contribution in [-0.2, 0) is 5.60 Å². The standard InChI is InChI=1S/C13H18O3S/c1-13(2,14)9-4-5-11(12(6-9)15-3)16-10-7-17-8-10/h4-6,10,14H,7-8H2,1-3H3. The van der Waals surface area contributed by atoms with E-state index in [2.05, 4.69) is 0 Å². The summed E-state index contributed by atoms with van der Waals surface area (Å²) in [6, 6.07) is 5.58. The second-order valence-electron chi connectivity index (χ2n) is 4.70. The van der Waals surface area contributed by atoms with E-state index in [4.69, 9.17) is 9.47 Å². The van der Waals surface area contributed by atoms with Crippen LogP contribution in [0.5, 0.6) is 11.5 Å². The quantitative estimate of drug-likeness (QED) is 0.895. The van der Waals surface area contributed by atoms with Gasteiger partial charge in [-0.15, -0.1) is 0 Å². The van der Waals surface area contributed by atoms with Crippen molar-refractivity contribution in [3.05, 3.63) is 23.8 Å². The van der Waals surface area contributed by atoms with E-state index in [0.717, 1.165) is 22.8 Å². The van der Waals surface area contributed by atoms with E-state index in [0.29, 0.717) is 11.9 Å². The Morgan fingerprint density at radius 3 is 2.47 bits per heavy atom. The summed E-state index contributed by atoms with van der Waals surface area (Å²) >= 11 is 1.88. The monoisotopic (exact) mass is 254 g/mol. The topological polar surface area (TPSA) is 38.7 Å². The number of hydrogen-bond acceptors (Lipinski definition) is 4. The zero-order chi connectivity index (χ0) is 12.5. The van der Waals surface area contributed by atoms with E-state index in [1.807, 2.05) is 30.0 Å². The van der Waals surface area contributed by atoms with Gasteiger partial charge in [0.15, 0.2) is 11.5 Å². The molecule has 1 saturated heterocycles. The van der Waals surface area contributed by atoms with Crippen molar-refractivity contribution >= 4 is 11.8 Å². The van der Waals surface area contributed by atoms with Crippen molar-refractivity contribution in [3.63, 3.8) is 0 Å². The normalized spacial score (nSPS) is 16.5. The Hall–Kier alpha value is -0.870. The van der Waals surface area contributed by atoms with E-state index >= 15 is 0 Å². The highest BCUT2D eigenvalue weighted by atomic mass is 32.2. The molecule has 94 valence electrons. The summed E-state index contributed by atoms with van der Waals surface area (Å²) in [5, 5.41) is 9.94. The van der Waals surface area contributed by atoms with Crippen molar-refractivity contribution in [3.8, 4) is 11.5 Å². The maximum atomic E-state index is 9.94. The van der Waals surface area contributed by atoms with E-state index in [-0.39, 0.29) is 0 Å². The summed E-state index contributed by atoms with van der Waals surface area (Å²) < 4.78 is 11.1. The number of thioether (sulfide) groups is 1. The second-order valence-corrected chi connectivity index (χ2v) is 5.78. The number of benzene rings is 1. The average Bonchev–Trinajstić information content (AvgIpc) is 2.22. The van der Waals surface area contributed by atoms with Crippen molar-refractivity contribution in [1.29, 1.82) is 0 Å². The molecule has 0 unspecified atom stereocenters. The highest BCUT2D eigenvalue weighted by molar-refractivity contribution is 8.00. The number of methoxy groups -OCH3 is 1. The first-order valence-electron chi connectivity index (χ1n) is 5.66. The lowest BCUT2D eigenvalue weighted by Gasteiger charge is -2.27. The zero-order valence-corrected chi connectivity index (χ0v) is 11.2. The van der Waals surface area contributed by atoms with Crippen molar-refractivity contribution in [2.75, 3.05) is 18.6 Å². The fraction of sp³-hybridized carbons (Fsp3) is 0.538. The van der Waals surface area contributed by atoms with Crippen molar-refractivity contribution in [2.24, 2.45) is 0 Å². The molecule has 1 aromatic carbocycles. The van der Waals surface area contributed by atoms with Gasteiger partial charge in [0.2, 0.25) is 0 Å². The lowest BCUT2D eigenvalue weighted by atomic mass is 9.98. The van der Waals surface area contributed by atoms with Crippen LogP contribution < -0.4 is 9.47 Å². The van der Waals surface area contributed by atoms with Gasteiger partial charge >= 0.3 is 0 Å².